The first-order valence-corrected chi connectivity index (χ1v) is 7.29. The molecular weight excluding hydrogens is 258 g/mol. The minimum absolute atomic E-state index is 0.0531. The molecule has 20 heavy (non-hydrogen) atoms. The lowest BCUT2D eigenvalue weighted by Gasteiger charge is -2.25. The molecule has 5 heteroatoms. The van der Waals surface area contributed by atoms with E-state index in [9.17, 15) is 4.79 Å². The average Bonchev–Trinajstić information content (AvgIpc) is 3.19. The first-order valence-electron chi connectivity index (χ1n) is 7.29. The number of likely N-dealkylation sites (tertiary alicyclic amines) is 1. The van der Waals surface area contributed by atoms with Gasteiger partial charge < -0.3 is 18.8 Å². The van der Waals surface area contributed by atoms with E-state index in [-0.39, 0.29) is 18.1 Å². The van der Waals surface area contributed by atoms with E-state index >= 15 is 0 Å². The van der Waals surface area contributed by atoms with Crippen molar-refractivity contribution < 1.29 is 18.7 Å². The maximum Gasteiger partial charge on any atom is 0.252 e. The molecule has 2 aliphatic rings. The second-order valence-corrected chi connectivity index (χ2v) is 5.43. The summed E-state index contributed by atoms with van der Waals surface area (Å²) >= 11 is 0. The molecule has 110 valence electrons. The topological polar surface area (TPSA) is 51.9 Å². The zero-order chi connectivity index (χ0) is 13.9. The third-order valence-electron chi connectivity index (χ3n) is 4.04. The van der Waals surface area contributed by atoms with E-state index in [4.69, 9.17) is 13.9 Å². The van der Waals surface area contributed by atoms with Crippen molar-refractivity contribution in [2.24, 2.45) is 0 Å². The van der Waals surface area contributed by atoms with Gasteiger partial charge in [-0.2, -0.15) is 0 Å². The van der Waals surface area contributed by atoms with E-state index in [1.807, 2.05) is 17.0 Å². The second-order valence-electron chi connectivity index (χ2n) is 5.43. The van der Waals surface area contributed by atoms with E-state index in [0.29, 0.717) is 13.2 Å². The van der Waals surface area contributed by atoms with E-state index in [1.165, 1.54) is 0 Å². The highest BCUT2D eigenvalue weighted by atomic mass is 16.5. The van der Waals surface area contributed by atoms with Crippen molar-refractivity contribution in [3.63, 3.8) is 0 Å². The molecular formula is C15H21NO4. The fraction of sp³-hybridized carbons (Fsp3) is 0.667. The van der Waals surface area contributed by atoms with Gasteiger partial charge in [0, 0.05) is 20.3 Å². The Bertz CT molecular complexity index is 464. The maximum absolute atomic E-state index is 12.5. The van der Waals surface area contributed by atoms with Crippen LogP contribution in [0.4, 0.5) is 0 Å². The molecule has 2 atom stereocenters. The molecule has 0 aliphatic carbocycles. The summed E-state index contributed by atoms with van der Waals surface area (Å²) in [6.45, 7) is 1.96. The molecule has 0 bridgehead atoms. The molecule has 0 aromatic carbocycles. The minimum Gasteiger partial charge on any atom is -0.461 e. The third-order valence-corrected chi connectivity index (χ3v) is 4.04. The lowest BCUT2D eigenvalue weighted by Crippen LogP contribution is -2.38. The van der Waals surface area contributed by atoms with E-state index in [1.54, 1.807) is 7.11 Å². The molecule has 0 spiro atoms. The van der Waals surface area contributed by atoms with E-state index < -0.39 is 0 Å². The molecule has 0 unspecified atom stereocenters. The number of rotatable bonds is 4. The van der Waals surface area contributed by atoms with Crippen molar-refractivity contribution in [2.45, 2.75) is 44.4 Å². The van der Waals surface area contributed by atoms with Crippen LogP contribution in [-0.2, 0) is 20.9 Å². The molecule has 3 heterocycles. The predicted molar refractivity (Wildman–Crippen MR) is 72.1 cm³/mol. The summed E-state index contributed by atoms with van der Waals surface area (Å²) in [6, 6.07) is 3.93. The van der Waals surface area contributed by atoms with Gasteiger partial charge in [0.05, 0.1) is 6.04 Å². The highest BCUT2D eigenvalue weighted by Crippen LogP contribution is 2.34. The number of furan rings is 1. The van der Waals surface area contributed by atoms with Crippen molar-refractivity contribution >= 4 is 5.91 Å². The van der Waals surface area contributed by atoms with Gasteiger partial charge in [-0.15, -0.1) is 0 Å². The Hall–Kier alpha value is -1.33. The monoisotopic (exact) mass is 279 g/mol. The predicted octanol–water partition coefficient (Wildman–Crippen LogP) is 2.27. The van der Waals surface area contributed by atoms with Crippen molar-refractivity contribution in [1.82, 2.24) is 4.90 Å². The Labute approximate surface area is 118 Å². The van der Waals surface area contributed by atoms with Crippen molar-refractivity contribution in [3.8, 4) is 0 Å². The number of carbonyl (C=O) groups excluding carboxylic acids is 1. The maximum atomic E-state index is 12.5. The van der Waals surface area contributed by atoms with Gasteiger partial charge in [0.2, 0.25) is 0 Å². The first kappa shape index (κ1) is 13.6. The molecule has 1 amide bonds. The third kappa shape index (κ3) is 2.60. The standard InChI is InChI=1S/C15H21NO4/c1-18-10-11-6-7-13(20-11)12-4-2-8-16(12)15(17)14-5-3-9-19-14/h6-7,12,14H,2-5,8-10H2,1H3/t12-,14+/m1/s1. The average molecular weight is 279 g/mol. The second kappa shape index (κ2) is 5.97. The van der Waals surface area contributed by atoms with Crippen LogP contribution in [0.2, 0.25) is 0 Å². The van der Waals surface area contributed by atoms with Crippen LogP contribution < -0.4 is 0 Å². The van der Waals surface area contributed by atoms with Crippen LogP contribution in [0, 0.1) is 0 Å². The van der Waals surface area contributed by atoms with Gasteiger partial charge >= 0.3 is 0 Å². The Balaban J connectivity index is 1.72. The van der Waals surface area contributed by atoms with E-state index in [2.05, 4.69) is 0 Å². The van der Waals surface area contributed by atoms with Gasteiger partial charge in [-0.25, -0.2) is 0 Å². The summed E-state index contributed by atoms with van der Waals surface area (Å²) in [4.78, 5) is 14.4. The summed E-state index contributed by atoms with van der Waals surface area (Å²) in [5.41, 5.74) is 0. The number of nitrogens with zero attached hydrogens (tertiary/aromatic N) is 1. The lowest BCUT2D eigenvalue weighted by atomic mass is 10.1. The molecule has 2 aliphatic heterocycles. The minimum atomic E-state index is -0.246. The zero-order valence-electron chi connectivity index (χ0n) is 11.8. The van der Waals surface area contributed by atoms with Crippen molar-refractivity contribution in [3.05, 3.63) is 23.7 Å². The van der Waals surface area contributed by atoms with Crippen LogP contribution >= 0.6 is 0 Å². The molecule has 1 aromatic heterocycles. The van der Waals surface area contributed by atoms with Crippen molar-refractivity contribution in [1.29, 1.82) is 0 Å². The number of amides is 1. The molecule has 0 saturated carbocycles. The van der Waals surface area contributed by atoms with Crippen LogP contribution in [0.1, 0.15) is 43.2 Å². The van der Waals surface area contributed by atoms with Crippen LogP contribution in [0.25, 0.3) is 0 Å². The highest BCUT2D eigenvalue weighted by molar-refractivity contribution is 5.81. The summed E-state index contributed by atoms with van der Waals surface area (Å²) in [6.07, 6.45) is 3.55. The molecule has 0 N–H and O–H groups in total. The van der Waals surface area contributed by atoms with Crippen LogP contribution in [0.15, 0.2) is 16.5 Å². The van der Waals surface area contributed by atoms with Gasteiger partial charge in [0.1, 0.15) is 24.2 Å². The van der Waals surface area contributed by atoms with Gasteiger partial charge in [-0.1, -0.05) is 0 Å². The Morgan fingerprint density at radius 2 is 2.30 bits per heavy atom. The quantitative estimate of drug-likeness (QED) is 0.848. The number of carbonyl (C=O) groups is 1. The zero-order valence-corrected chi connectivity index (χ0v) is 11.8. The summed E-state index contributed by atoms with van der Waals surface area (Å²) in [5.74, 6) is 1.79. The highest BCUT2D eigenvalue weighted by Gasteiger charge is 2.37. The van der Waals surface area contributed by atoms with Crippen LogP contribution in [0.3, 0.4) is 0 Å². The SMILES string of the molecule is COCc1ccc([C@H]2CCCN2C(=O)[C@@H]2CCCO2)o1. The molecule has 2 saturated heterocycles. The summed E-state index contributed by atoms with van der Waals surface area (Å²) in [5, 5.41) is 0. The van der Waals surface area contributed by atoms with Gasteiger partial charge in [-0.05, 0) is 37.8 Å². The Morgan fingerprint density at radius 3 is 3.05 bits per heavy atom. The lowest BCUT2D eigenvalue weighted by molar-refractivity contribution is -0.142. The molecule has 2 fully saturated rings. The molecule has 1 aromatic rings. The Morgan fingerprint density at radius 1 is 1.40 bits per heavy atom. The molecule has 5 nitrogen and oxygen atoms in total. The first-order chi connectivity index (χ1) is 9.79. The normalized spacial score (nSPS) is 26.4. The summed E-state index contributed by atoms with van der Waals surface area (Å²) in [7, 11) is 1.64. The van der Waals surface area contributed by atoms with Gasteiger partial charge in [0.25, 0.3) is 5.91 Å². The number of ether oxygens (including phenoxy) is 2. The Kier molecular flexibility index (Phi) is 4.08. The number of hydrogen-bond donors (Lipinski definition) is 0. The number of hydrogen-bond acceptors (Lipinski definition) is 4. The fourth-order valence-corrected chi connectivity index (χ4v) is 3.08. The summed E-state index contributed by atoms with van der Waals surface area (Å²) < 4.78 is 16.4. The molecule has 3 rings (SSSR count). The smallest absolute Gasteiger partial charge is 0.252 e. The van der Waals surface area contributed by atoms with Gasteiger partial charge in [0.15, 0.2) is 0 Å². The van der Waals surface area contributed by atoms with E-state index in [0.717, 1.165) is 43.7 Å². The molecule has 0 radical (unpaired) electrons. The van der Waals surface area contributed by atoms with Crippen LogP contribution in [0.5, 0.6) is 0 Å². The largest absolute Gasteiger partial charge is 0.461 e. The fourth-order valence-electron chi connectivity index (χ4n) is 3.08. The van der Waals surface area contributed by atoms with Crippen LogP contribution in [-0.4, -0.2) is 37.2 Å². The van der Waals surface area contributed by atoms with Crippen molar-refractivity contribution in [2.75, 3.05) is 20.3 Å². The number of methoxy groups -OCH3 is 1. The van der Waals surface area contributed by atoms with Gasteiger partial charge in [-0.3, -0.25) is 4.79 Å².